The summed E-state index contributed by atoms with van der Waals surface area (Å²) >= 11 is 0. The van der Waals surface area contributed by atoms with Crippen LogP contribution in [0.15, 0.2) is 23.2 Å². The van der Waals surface area contributed by atoms with Gasteiger partial charge >= 0.3 is 0 Å². The van der Waals surface area contributed by atoms with Crippen LogP contribution in [0.25, 0.3) is 0 Å². The number of halogens is 1. The molecule has 1 fully saturated rings. The number of benzene rings is 1. The van der Waals surface area contributed by atoms with Crippen LogP contribution in [0.4, 0.5) is 0 Å². The molecule has 2 aliphatic heterocycles. The van der Waals surface area contributed by atoms with E-state index in [0.29, 0.717) is 13.3 Å². The average molecular weight is 533 g/mol. The smallest absolute Gasteiger partial charge is 0.231 e. The van der Waals surface area contributed by atoms with E-state index in [4.69, 9.17) is 23.9 Å². The number of hydrogen-bond donors (Lipinski definition) is 2. The Hall–Kier alpha value is -1.26. The monoisotopic (exact) mass is 533 g/mol. The summed E-state index contributed by atoms with van der Waals surface area (Å²) in [5.41, 5.74) is 1.21. The molecular formula is C22H36IN3O4. The summed E-state index contributed by atoms with van der Waals surface area (Å²) in [5, 5.41) is 6.82. The van der Waals surface area contributed by atoms with Crippen molar-refractivity contribution in [3.05, 3.63) is 23.8 Å². The van der Waals surface area contributed by atoms with E-state index in [1.807, 2.05) is 13.0 Å². The van der Waals surface area contributed by atoms with Gasteiger partial charge in [0.05, 0.1) is 6.54 Å². The lowest BCUT2D eigenvalue weighted by atomic mass is 9.74. The zero-order valence-electron chi connectivity index (χ0n) is 18.2. The van der Waals surface area contributed by atoms with E-state index in [1.54, 1.807) is 0 Å². The highest BCUT2D eigenvalue weighted by atomic mass is 127. The number of rotatable bonds is 10. The molecule has 1 saturated heterocycles. The Kier molecular flexibility index (Phi) is 11.0. The lowest BCUT2D eigenvalue weighted by Gasteiger charge is -2.36. The average Bonchev–Trinajstić information content (AvgIpc) is 3.23. The SMILES string of the molecule is CCNC(=NCC1(c2ccc3c(c2)OCO3)CCOCC1)NCCCCOCC.I. The predicted molar refractivity (Wildman–Crippen MR) is 129 cm³/mol. The lowest BCUT2D eigenvalue weighted by molar-refractivity contribution is 0.0530. The molecule has 1 aromatic carbocycles. The molecule has 2 aliphatic rings. The topological polar surface area (TPSA) is 73.3 Å². The van der Waals surface area contributed by atoms with Crippen molar-refractivity contribution in [3.63, 3.8) is 0 Å². The van der Waals surface area contributed by atoms with Crippen LogP contribution >= 0.6 is 24.0 Å². The summed E-state index contributed by atoms with van der Waals surface area (Å²) in [6, 6.07) is 6.29. The molecule has 170 valence electrons. The van der Waals surface area contributed by atoms with E-state index in [2.05, 4.69) is 29.7 Å². The highest BCUT2D eigenvalue weighted by Crippen LogP contribution is 2.41. The number of ether oxygens (including phenoxy) is 4. The number of aliphatic imine (C=N–C) groups is 1. The number of hydrogen-bond acceptors (Lipinski definition) is 5. The molecule has 7 nitrogen and oxygen atoms in total. The summed E-state index contributed by atoms with van der Waals surface area (Å²) in [6.45, 7) is 9.97. The fraction of sp³-hybridized carbons (Fsp3) is 0.682. The molecule has 0 spiro atoms. The summed E-state index contributed by atoms with van der Waals surface area (Å²) in [5.74, 6) is 2.52. The van der Waals surface area contributed by atoms with E-state index in [0.717, 1.165) is 82.7 Å². The van der Waals surface area contributed by atoms with Crippen LogP contribution in [0.3, 0.4) is 0 Å². The van der Waals surface area contributed by atoms with E-state index in [-0.39, 0.29) is 29.4 Å². The summed E-state index contributed by atoms with van der Waals surface area (Å²) < 4.78 is 22.1. The molecule has 0 aliphatic carbocycles. The van der Waals surface area contributed by atoms with E-state index < -0.39 is 0 Å². The Morgan fingerprint density at radius 3 is 2.67 bits per heavy atom. The lowest BCUT2D eigenvalue weighted by Crippen LogP contribution is -2.41. The first-order chi connectivity index (χ1) is 14.3. The number of fused-ring (bicyclic) bond motifs is 1. The first kappa shape index (κ1) is 25.0. The highest BCUT2D eigenvalue weighted by Gasteiger charge is 2.35. The number of nitrogens with one attached hydrogen (secondary N) is 2. The van der Waals surface area contributed by atoms with Crippen molar-refractivity contribution in [1.82, 2.24) is 10.6 Å². The van der Waals surface area contributed by atoms with Crippen LogP contribution in [0.1, 0.15) is 45.1 Å². The number of guanidine groups is 1. The van der Waals surface area contributed by atoms with Crippen LogP contribution in [0.5, 0.6) is 11.5 Å². The summed E-state index contributed by atoms with van der Waals surface area (Å²) in [7, 11) is 0. The van der Waals surface area contributed by atoms with Crippen molar-refractivity contribution in [3.8, 4) is 11.5 Å². The molecule has 0 bridgehead atoms. The van der Waals surface area contributed by atoms with Gasteiger partial charge < -0.3 is 29.6 Å². The maximum absolute atomic E-state index is 5.66. The fourth-order valence-corrected chi connectivity index (χ4v) is 3.78. The molecule has 0 aromatic heterocycles. The number of unbranched alkanes of at least 4 members (excludes halogenated alkanes) is 1. The minimum absolute atomic E-state index is 0. The van der Waals surface area contributed by atoms with Gasteiger partial charge in [-0.25, -0.2) is 0 Å². The maximum atomic E-state index is 5.66. The van der Waals surface area contributed by atoms with Crippen LogP contribution in [0, 0.1) is 0 Å². The van der Waals surface area contributed by atoms with Crippen molar-refractivity contribution in [2.24, 2.45) is 4.99 Å². The van der Waals surface area contributed by atoms with E-state index >= 15 is 0 Å². The van der Waals surface area contributed by atoms with Gasteiger partial charge in [-0.05, 0) is 57.2 Å². The maximum Gasteiger partial charge on any atom is 0.231 e. The molecule has 0 amide bonds. The van der Waals surface area contributed by atoms with Crippen LogP contribution in [-0.4, -0.2) is 58.8 Å². The Labute approximate surface area is 197 Å². The second-order valence-electron chi connectivity index (χ2n) is 7.49. The third kappa shape index (κ3) is 6.88. The fourth-order valence-electron chi connectivity index (χ4n) is 3.78. The minimum atomic E-state index is -0.0451. The Balaban J connectivity index is 0.00000320. The standard InChI is InChI=1S/C22H35N3O4.HI/c1-3-23-21(24-11-5-6-12-26-4-2)25-16-22(9-13-27-14-10-22)18-7-8-19-20(15-18)29-17-28-19;/h7-8,15H,3-6,9-14,16-17H2,1-2H3,(H2,23,24,25);1H. The van der Waals surface area contributed by atoms with Gasteiger partial charge in [-0.15, -0.1) is 24.0 Å². The normalized spacial score (nSPS) is 17.3. The molecule has 0 atom stereocenters. The first-order valence-corrected chi connectivity index (χ1v) is 10.9. The van der Waals surface area contributed by atoms with Crippen molar-refractivity contribution >= 4 is 29.9 Å². The molecule has 1 aromatic rings. The van der Waals surface area contributed by atoms with Gasteiger partial charge in [0.1, 0.15) is 0 Å². The summed E-state index contributed by atoms with van der Waals surface area (Å²) in [6.07, 6.45) is 4.01. The quantitative estimate of drug-likeness (QED) is 0.208. The first-order valence-electron chi connectivity index (χ1n) is 10.9. The molecule has 0 unspecified atom stereocenters. The molecule has 2 N–H and O–H groups in total. The largest absolute Gasteiger partial charge is 0.454 e. The van der Waals surface area contributed by atoms with Gasteiger partial charge in [0.25, 0.3) is 0 Å². The van der Waals surface area contributed by atoms with Gasteiger partial charge in [-0.2, -0.15) is 0 Å². The number of nitrogens with zero attached hydrogens (tertiary/aromatic N) is 1. The zero-order valence-corrected chi connectivity index (χ0v) is 20.5. The third-order valence-corrected chi connectivity index (χ3v) is 5.53. The Morgan fingerprint density at radius 1 is 1.10 bits per heavy atom. The Bertz CT molecular complexity index is 666. The van der Waals surface area contributed by atoms with Crippen molar-refractivity contribution in [2.75, 3.05) is 52.9 Å². The minimum Gasteiger partial charge on any atom is -0.454 e. The van der Waals surface area contributed by atoms with E-state index in [1.165, 1.54) is 5.56 Å². The Morgan fingerprint density at radius 2 is 1.90 bits per heavy atom. The van der Waals surface area contributed by atoms with Gasteiger partial charge in [0.15, 0.2) is 17.5 Å². The van der Waals surface area contributed by atoms with Gasteiger partial charge in [-0.1, -0.05) is 6.07 Å². The molecular weight excluding hydrogens is 497 g/mol. The second-order valence-corrected chi connectivity index (χ2v) is 7.49. The van der Waals surface area contributed by atoms with Gasteiger partial charge in [0.2, 0.25) is 6.79 Å². The van der Waals surface area contributed by atoms with Crippen LogP contribution in [-0.2, 0) is 14.9 Å². The molecule has 8 heteroatoms. The van der Waals surface area contributed by atoms with Gasteiger partial charge in [-0.3, -0.25) is 4.99 Å². The third-order valence-electron chi connectivity index (χ3n) is 5.53. The molecule has 0 radical (unpaired) electrons. The molecule has 0 saturated carbocycles. The van der Waals surface area contributed by atoms with Crippen molar-refractivity contribution < 1.29 is 18.9 Å². The zero-order chi connectivity index (χ0) is 20.4. The second kappa shape index (κ2) is 13.2. The highest BCUT2D eigenvalue weighted by molar-refractivity contribution is 14.0. The van der Waals surface area contributed by atoms with Gasteiger partial charge in [0, 0.05) is 44.9 Å². The predicted octanol–water partition coefficient (Wildman–Crippen LogP) is 3.45. The molecule has 2 heterocycles. The molecule has 30 heavy (non-hydrogen) atoms. The summed E-state index contributed by atoms with van der Waals surface area (Å²) in [4.78, 5) is 4.95. The van der Waals surface area contributed by atoms with Crippen LogP contribution < -0.4 is 20.1 Å². The van der Waals surface area contributed by atoms with Crippen molar-refractivity contribution in [2.45, 2.75) is 44.9 Å². The van der Waals surface area contributed by atoms with Crippen molar-refractivity contribution in [1.29, 1.82) is 0 Å². The molecule has 3 rings (SSSR count). The van der Waals surface area contributed by atoms with E-state index in [9.17, 15) is 0 Å². The van der Waals surface area contributed by atoms with Crippen LogP contribution in [0.2, 0.25) is 0 Å².